The van der Waals surface area contributed by atoms with E-state index in [0.717, 1.165) is 6.07 Å². The maximum absolute atomic E-state index is 14.0. The number of aliphatic hydroxyl groups excluding tert-OH is 1. The molecule has 0 heterocycles. The van der Waals surface area contributed by atoms with Gasteiger partial charge in [0.05, 0.1) is 6.04 Å². The molecule has 21 heavy (non-hydrogen) atoms. The fraction of sp³-hybridized carbons (Fsp3) is 0.467. The van der Waals surface area contributed by atoms with E-state index in [1.807, 2.05) is 13.8 Å². The number of rotatable bonds is 6. The Morgan fingerprint density at radius 2 is 1.86 bits per heavy atom. The van der Waals surface area contributed by atoms with Crippen molar-refractivity contribution in [2.24, 2.45) is 5.92 Å². The molecule has 1 rings (SSSR count). The first kappa shape index (κ1) is 17.3. The van der Waals surface area contributed by atoms with Crippen LogP contribution < -0.4 is 10.6 Å². The van der Waals surface area contributed by atoms with E-state index < -0.39 is 18.1 Å². The van der Waals surface area contributed by atoms with Crippen LogP contribution in [0.2, 0.25) is 0 Å². The number of aliphatic hydroxyl groups is 1. The van der Waals surface area contributed by atoms with Gasteiger partial charge in [-0.1, -0.05) is 19.9 Å². The third kappa shape index (κ3) is 4.91. The second kappa shape index (κ2) is 7.28. The predicted octanol–water partition coefficient (Wildman–Crippen LogP) is 1.98. The van der Waals surface area contributed by atoms with Gasteiger partial charge in [-0.15, -0.1) is 0 Å². The number of ketones is 1. The molecule has 1 aromatic rings. The molecule has 1 aromatic carbocycles. The average Bonchev–Trinajstić information content (AvgIpc) is 2.34. The van der Waals surface area contributed by atoms with Crippen molar-refractivity contribution in [2.45, 2.75) is 40.0 Å². The molecule has 0 saturated carbocycles. The summed E-state index contributed by atoms with van der Waals surface area (Å²) in [4.78, 5) is 22.4. The lowest BCUT2D eigenvalue weighted by Crippen LogP contribution is -2.42. The van der Waals surface area contributed by atoms with Gasteiger partial charge in [0.2, 0.25) is 5.91 Å². The van der Waals surface area contributed by atoms with Crippen molar-refractivity contribution >= 4 is 17.4 Å². The molecular formula is C15H21FN2O3. The van der Waals surface area contributed by atoms with Gasteiger partial charge in [-0.3, -0.25) is 14.9 Å². The van der Waals surface area contributed by atoms with Crippen molar-refractivity contribution in [2.75, 3.05) is 5.32 Å². The van der Waals surface area contributed by atoms with Crippen LogP contribution in [-0.2, 0) is 9.59 Å². The number of Topliss-reactive ketones (excluding diaryl/α,β-unsaturated/α-hetero) is 1. The van der Waals surface area contributed by atoms with E-state index in [0.29, 0.717) is 5.69 Å². The van der Waals surface area contributed by atoms with Crippen molar-refractivity contribution in [3.8, 4) is 0 Å². The normalized spacial score (nSPS) is 13.9. The predicted molar refractivity (Wildman–Crippen MR) is 78.1 cm³/mol. The molecule has 1 unspecified atom stereocenters. The van der Waals surface area contributed by atoms with E-state index in [9.17, 15) is 19.1 Å². The van der Waals surface area contributed by atoms with Gasteiger partial charge in [0.25, 0.3) is 0 Å². The van der Waals surface area contributed by atoms with Gasteiger partial charge in [0.15, 0.2) is 0 Å². The van der Waals surface area contributed by atoms with Crippen molar-refractivity contribution in [3.63, 3.8) is 0 Å². The summed E-state index contributed by atoms with van der Waals surface area (Å²) in [6.07, 6.45) is -1.30. The first-order valence-corrected chi connectivity index (χ1v) is 6.74. The quantitative estimate of drug-likeness (QED) is 0.701. The molecule has 0 spiro atoms. The lowest BCUT2D eigenvalue weighted by Gasteiger charge is -2.24. The lowest BCUT2D eigenvalue weighted by atomic mass is 10.00. The highest BCUT2D eigenvalue weighted by Gasteiger charge is 2.23. The highest BCUT2D eigenvalue weighted by Crippen LogP contribution is 2.20. The summed E-state index contributed by atoms with van der Waals surface area (Å²) in [6, 6.07) is 3.42. The minimum atomic E-state index is -1.30. The molecule has 0 aliphatic heterocycles. The minimum absolute atomic E-state index is 0.0241. The molecule has 0 fully saturated rings. The molecule has 116 valence electrons. The van der Waals surface area contributed by atoms with Crippen LogP contribution in [-0.4, -0.2) is 22.8 Å². The van der Waals surface area contributed by atoms with Gasteiger partial charge >= 0.3 is 0 Å². The second-order valence-electron chi connectivity index (χ2n) is 5.32. The van der Waals surface area contributed by atoms with Crippen molar-refractivity contribution in [1.29, 1.82) is 0 Å². The number of carbonyl (C=O) groups excluding carboxylic acids is 2. The fourth-order valence-electron chi connectivity index (χ4n) is 2.07. The Morgan fingerprint density at radius 1 is 1.24 bits per heavy atom. The minimum Gasteiger partial charge on any atom is -0.374 e. The summed E-state index contributed by atoms with van der Waals surface area (Å²) in [5.74, 6) is -1.12. The number of amides is 1. The maximum atomic E-state index is 14.0. The van der Waals surface area contributed by atoms with Gasteiger partial charge in [0, 0.05) is 18.2 Å². The monoisotopic (exact) mass is 296 g/mol. The van der Waals surface area contributed by atoms with Crippen LogP contribution in [0.5, 0.6) is 0 Å². The molecule has 0 saturated heterocycles. The van der Waals surface area contributed by atoms with Crippen LogP contribution in [0.25, 0.3) is 0 Å². The van der Waals surface area contributed by atoms with Crippen molar-refractivity contribution < 1.29 is 19.1 Å². The zero-order valence-corrected chi connectivity index (χ0v) is 12.6. The highest BCUT2D eigenvalue weighted by molar-refractivity contribution is 5.88. The van der Waals surface area contributed by atoms with Crippen LogP contribution >= 0.6 is 0 Å². The number of carbonyl (C=O) groups is 2. The topological polar surface area (TPSA) is 78.4 Å². The molecule has 0 aliphatic carbocycles. The molecule has 3 N–H and O–H groups in total. The number of halogens is 1. The van der Waals surface area contributed by atoms with Gasteiger partial charge in [-0.05, 0) is 25.0 Å². The largest absolute Gasteiger partial charge is 0.374 e. The Morgan fingerprint density at radius 3 is 2.29 bits per heavy atom. The Bertz CT molecular complexity index is 532. The van der Waals surface area contributed by atoms with Crippen molar-refractivity contribution in [1.82, 2.24) is 5.32 Å². The highest BCUT2D eigenvalue weighted by atomic mass is 19.1. The Kier molecular flexibility index (Phi) is 5.99. The zero-order chi connectivity index (χ0) is 16.2. The standard InChI is InChI=1S/C15H21FN2O3/c1-8(2)14(9(3)19)18-15(21)12-6-5-11(7-13(12)16)17-10(4)20/h5-8,14-15,18,21H,1-4H3,(H,17,20)/t14-,15?/m0/s1. The fourth-order valence-corrected chi connectivity index (χ4v) is 2.07. The number of nitrogens with one attached hydrogen (secondary N) is 2. The first-order valence-electron chi connectivity index (χ1n) is 6.74. The summed E-state index contributed by atoms with van der Waals surface area (Å²) in [6.45, 7) is 6.41. The summed E-state index contributed by atoms with van der Waals surface area (Å²) in [7, 11) is 0. The summed E-state index contributed by atoms with van der Waals surface area (Å²) in [5, 5.41) is 15.2. The third-order valence-corrected chi connectivity index (χ3v) is 3.06. The van der Waals surface area contributed by atoms with Gasteiger partial charge < -0.3 is 10.4 Å². The smallest absolute Gasteiger partial charge is 0.221 e. The molecule has 0 aliphatic rings. The van der Waals surface area contributed by atoms with E-state index in [-0.39, 0.29) is 23.2 Å². The molecule has 6 heteroatoms. The van der Waals surface area contributed by atoms with Crippen LogP contribution in [0.4, 0.5) is 10.1 Å². The van der Waals surface area contributed by atoms with E-state index >= 15 is 0 Å². The summed E-state index contributed by atoms with van der Waals surface area (Å²) >= 11 is 0. The van der Waals surface area contributed by atoms with E-state index in [2.05, 4.69) is 10.6 Å². The van der Waals surface area contributed by atoms with Crippen LogP contribution in [0, 0.1) is 11.7 Å². The molecule has 1 amide bonds. The molecule has 5 nitrogen and oxygen atoms in total. The first-order chi connectivity index (χ1) is 9.72. The van der Waals surface area contributed by atoms with E-state index in [1.54, 1.807) is 0 Å². The summed E-state index contributed by atoms with van der Waals surface area (Å²) in [5.41, 5.74) is 0.332. The van der Waals surface area contributed by atoms with Crippen molar-refractivity contribution in [3.05, 3.63) is 29.6 Å². The maximum Gasteiger partial charge on any atom is 0.221 e. The number of hydrogen-bond donors (Lipinski definition) is 3. The lowest BCUT2D eigenvalue weighted by molar-refractivity contribution is -0.121. The van der Waals surface area contributed by atoms with Crippen LogP contribution in [0.1, 0.15) is 39.5 Å². The molecule has 2 atom stereocenters. The number of benzene rings is 1. The second-order valence-corrected chi connectivity index (χ2v) is 5.32. The molecule has 0 bridgehead atoms. The third-order valence-electron chi connectivity index (χ3n) is 3.06. The Hall–Kier alpha value is -1.79. The molecular weight excluding hydrogens is 275 g/mol. The van der Waals surface area contributed by atoms with Crippen LogP contribution in [0.3, 0.4) is 0 Å². The van der Waals surface area contributed by atoms with Gasteiger partial charge in [-0.2, -0.15) is 0 Å². The van der Waals surface area contributed by atoms with Crippen LogP contribution in [0.15, 0.2) is 18.2 Å². The zero-order valence-electron chi connectivity index (χ0n) is 12.6. The number of anilines is 1. The van der Waals surface area contributed by atoms with E-state index in [4.69, 9.17) is 0 Å². The van der Waals surface area contributed by atoms with Gasteiger partial charge in [-0.25, -0.2) is 4.39 Å². The molecule has 0 aromatic heterocycles. The SMILES string of the molecule is CC(=O)Nc1ccc(C(O)N[C@H](C(C)=O)C(C)C)c(F)c1. The van der Waals surface area contributed by atoms with Gasteiger partial charge in [0.1, 0.15) is 17.8 Å². The summed E-state index contributed by atoms with van der Waals surface area (Å²) < 4.78 is 14.0. The Labute approximate surface area is 123 Å². The number of hydrogen-bond acceptors (Lipinski definition) is 4. The molecule has 0 radical (unpaired) electrons. The average molecular weight is 296 g/mol. The van der Waals surface area contributed by atoms with E-state index in [1.165, 1.54) is 26.0 Å². The Balaban J connectivity index is 2.89.